The van der Waals surface area contributed by atoms with Gasteiger partial charge >= 0.3 is 0 Å². The molecular weight excluding hydrogens is 288 g/mol. The van der Waals surface area contributed by atoms with E-state index in [0.717, 1.165) is 16.5 Å². The lowest BCUT2D eigenvalue weighted by Gasteiger charge is -2.12. The highest BCUT2D eigenvalue weighted by Crippen LogP contribution is 2.42. The fourth-order valence-electron chi connectivity index (χ4n) is 2.30. The van der Waals surface area contributed by atoms with Crippen LogP contribution < -0.4 is 0 Å². The highest BCUT2D eigenvalue weighted by Gasteiger charge is 2.29. The molecule has 1 aliphatic rings. The number of hydrogen-bond donors (Lipinski definition) is 0. The van der Waals surface area contributed by atoms with Gasteiger partial charge in [-0.3, -0.25) is 10.1 Å². The van der Waals surface area contributed by atoms with Crippen molar-refractivity contribution in [1.82, 2.24) is 14.8 Å². The van der Waals surface area contributed by atoms with Gasteiger partial charge in [0.2, 0.25) is 0 Å². The Hall–Kier alpha value is -1.89. The van der Waals surface area contributed by atoms with Crippen LogP contribution in [0.15, 0.2) is 29.4 Å². The second kappa shape index (κ2) is 5.48. The summed E-state index contributed by atoms with van der Waals surface area (Å²) in [6.45, 7) is 4.00. The molecule has 1 heterocycles. The van der Waals surface area contributed by atoms with Crippen LogP contribution >= 0.6 is 11.8 Å². The molecule has 21 heavy (non-hydrogen) atoms. The first-order valence-electron chi connectivity index (χ1n) is 6.89. The van der Waals surface area contributed by atoms with E-state index in [1.165, 1.54) is 18.9 Å². The number of aryl methyl sites for hydroxylation is 1. The summed E-state index contributed by atoms with van der Waals surface area (Å²) in [7, 11) is 0. The lowest BCUT2D eigenvalue weighted by Crippen LogP contribution is -2.00. The Kier molecular flexibility index (Phi) is 3.67. The van der Waals surface area contributed by atoms with Gasteiger partial charge < -0.3 is 4.57 Å². The van der Waals surface area contributed by atoms with Gasteiger partial charge in [-0.1, -0.05) is 23.9 Å². The topological polar surface area (TPSA) is 73.8 Å². The van der Waals surface area contributed by atoms with E-state index in [4.69, 9.17) is 0 Å². The van der Waals surface area contributed by atoms with Crippen LogP contribution in [-0.2, 0) is 0 Å². The third-order valence-electron chi connectivity index (χ3n) is 3.58. The monoisotopic (exact) mass is 304 g/mol. The lowest BCUT2D eigenvalue weighted by atomic mass is 10.1. The van der Waals surface area contributed by atoms with Crippen LogP contribution in [0.2, 0.25) is 0 Å². The highest BCUT2D eigenvalue weighted by atomic mass is 32.2. The maximum atomic E-state index is 10.9. The van der Waals surface area contributed by atoms with E-state index in [0.29, 0.717) is 6.04 Å². The van der Waals surface area contributed by atoms with E-state index in [-0.39, 0.29) is 15.9 Å². The molecule has 2 aromatic rings. The van der Waals surface area contributed by atoms with Crippen LogP contribution in [0.25, 0.3) is 0 Å². The van der Waals surface area contributed by atoms with E-state index in [9.17, 15) is 10.1 Å². The molecule has 0 N–H and O–H groups in total. The van der Waals surface area contributed by atoms with Gasteiger partial charge in [-0.15, -0.1) is 10.2 Å². The number of non-ortho nitro benzene ring substituents is 1. The highest BCUT2D eigenvalue weighted by molar-refractivity contribution is 7.99. The molecule has 1 saturated carbocycles. The summed E-state index contributed by atoms with van der Waals surface area (Å²) in [6.07, 6.45) is 2.36. The maximum Gasteiger partial charge on any atom is 0.269 e. The molecule has 1 aromatic heterocycles. The van der Waals surface area contributed by atoms with Gasteiger partial charge in [-0.25, -0.2) is 0 Å². The van der Waals surface area contributed by atoms with Gasteiger partial charge in [-0.2, -0.15) is 0 Å². The Balaban J connectivity index is 1.81. The Bertz CT molecular complexity index is 681. The van der Waals surface area contributed by atoms with Crippen molar-refractivity contribution in [3.8, 4) is 0 Å². The summed E-state index contributed by atoms with van der Waals surface area (Å²) in [4.78, 5) is 10.5. The van der Waals surface area contributed by atoms with Gasteiger partial charge in [0.05, 0.1) is 4.92 Å². The van der Waals surface area contributed by atoms with Crippen LogP contribution in [0.1, 0.15) is 42.4 Å². The first kappa shape index (κ1) is 14.1. The number of rotatable bonds is 5. The van der Waals surface area contributed by atoms with Crippen molar-refractivity contribution < 1.29 is 4.92 Å². The number of nitro groups is 1. The molecule has 0 unspecified atom stereocenters. The van der Waals surface area contributed by atoms with Crippen LogP contribution in [0.3, 0.4) is 0 Å². The van der Waals surface area contributed by atoms with Gasteiger partial charge in [-0.05, 0) is 32.3 Å². The maximum absolute atomic E-state index is 10.9. The average Bonchev–Trinajstić information content (AvgIpc) is 3.24. The molecule has 0 spiro atoms. The zero-order valence-corrected chi connectivity index (χ0v) is 12.7. The average molecular weight is 304 g/mol. The zero-order chi connectivity index (χ0) is 15.0. The van der Waals surface area contributed by atoms with Crippen molar-refractivity contribution in [3.63, 3.8) is 0 Å². The predicted molar refractivity (Wildman–Crippen MR) is 80.4 cm³/mol. The molecule has 1 atom stereocenters. The lowest BCUT2D eigenvalue weighted by molar-refractivity contribution is -0.384. The largest absolute Gasteiger partial charge is 0.303 e. The number of aromatic nitrogens is 3. The number of benzene rings is 1. The van der Waals surface area contributed by atoms with Crippen molar-refractivity contribution in [2.24, 2.45) is 0 Å². The molecule has 0 bridgehead atoms. The fourth-order valence-corrected chi connectivity index (χ4v) is 3.38. The number of nitro benzene ring substituents is 1. The standard InChI is InChI=1S/C14H16N4O2S/c1-9(11-4-3-5-13(8-11)18(19)20)21-14-16-15-10(2)17(14)12-6-7-12/h3-5,8-9,12H,6-7H2,1-2H3/t9-/m1/s1. The van der Waals surface area contributed by atoms with Crippen LogP contribution in [0, 0.1) is 17.0 Å². The van der Waals surface area contributed by atoms with Crippen molar-refractivity contribution in [2.45, 2.75) is 43.1 Å². The third kappa shape index (κ3) is 2.92. The molecule has 6 nitrogen and oxygen atoms in total. The van der Waals surface area contributed by atoms with E-state index in [1.807, 2.05) is 19.9 Å². The molecule has 7 heteroatoms. The molecule has 110 valence electrons. The van der Waals surface area contributed by atoms with Gasteiger partial charge in [0.25, 0.3) is 5.69 Å². The van der Waals surface area contributed by atoms with Crippen LogP contribution in [0.4, 0.5) is 5.69 Å². The molecule has 1 fully saturated rings. The smallest absolute Gasteiger partial charge is 0.269 e. The number of nitrogens with zero attached hydrogens (tertiary/aromatic N) is 4. The van der Waals surface area contributed by atoms with Gasteiger partial charge in [0.1, 0.15) is 5.82 Å². The van der Waals surface area contributed by atoms with Gasteiger partial charge in [0, 0.05) is 23.4 Å². The van der Waals surface area contributed by atoms with E-state index < -0.39 is 0 Å². The number of thioether (sulfide) groups is 1. The fraction of sp³-hybridized carbons (Fsp3) is 0.429. The minimum absolute atomic E-state index is 0.0889. The summed E-state index contributed by atoms with van der Waals surface area (Å²) in [5.74, 6) is 0.936. The Morgan fingerprint density at radius 3 is 2.86 bits per heavy atom. The van der Waals surface area contributed by atoms with Gasteiger partial charge in [0.15, 0.2) is 5.16 Å². The molecular formula is C14H16N4O2S. The van der Waals surface area contributed by atoms with E-state index >= 15 is 0 Å². The van der Waals surface area contributed by atoms with Crippen molar-refractivity contribution >= 4 is 17.4 Å². The Morgan fingerprint density at radius 1 is 1.43 bits per heavy atom. The normalized spacial score (nSPS) is 15.9. The van der Waals surface area contributed by atoms with E-state index in [2.05, 4.69) is 14.8 Å². The first-order chi connectivity index (χ1) is 10.1. The molecule has 0 amide bonds. The summed E-state index contributed by atoms with van der Waals surface area (Å²) in [5, 5.41) is 20.2. The molecule has 1 aromatic carbocycles. The van der Waals surface area contributed by atoms with Crippen LogP contribution in [-0.4, -0.2) is 19.7 Å². The van der Waals surface area contributed by atoms with E-state index in [1.54, 1.807) is 23.9 Å². The minimum Gasteiger partial charge on any atom is -0.303 e. The zero-order valence-electron chi connectivity index (χ0n) is 11.9. The van der Waals surface area contributed by atoms with Crippen molar-refractivity contribution in [3.05, 3.63) is 45.8 Å². The first-order valence-corrected chi connectivity index (χ1v) is 7.76. The Morgan fingerprint density at radius 2 is 2.19 bits per heavy atom. The minimum atomic E-state index is -0.363. The third-order valence-corrected chi connectivity index (χ3v) is 4.69. The SMILES string of the molecule is Cc1nnc(S[C@H](C)c2cccc([N+](=O)[O-])c2)n1C1CC1. The summed E-state index contributed by atoms with van der Waals surface area (Å²) in [6, 6.07) is 7.30. The second-order valence-corrected chi connectivity index (χ2v) is 6.55. The predicted octanol–water partition coefficient (Wildman–Crippen LogP) is 3.68. The Labute approximate surface area is 126 Å². The summed E-state index contributed by atoms with van der Waals surface area (Å²) < 4.78 is 2.18. The molecule has 0 aliphatic heterocycles. The molecule has 3 rings (SSSR count). The van der Waals surface area contributed by atoms with Crippen molar-refractivity contribution in [2.75, 3.05) is 0 Å². The van der Waals surface area contributed by atoms with Crippen LogP contribution in [0.5, 0.6) is 0 Å². The molecule has 0 saturated heterocycles. The quantitative estimate of drug-likeness (QED) is 0.478. The molecule has 0 radical (unpaired) electrons. The number of hydrogen-bond acceptors (Lipinski definition) is 5. The van der Waals surface area contributed by atoms with Crippen molar-refractivity contribution in [1.29, 1.82) is 0 Å². The second-order valence-electron chi connectivity index (χ2n) is 5.24. The summed E-state index contributed by atoms with van der Waals surface area (Å²) in [5.41, 5.74) is 1.05. The molecule has 1 aliphatic carbocycles. The summed E-state index contributed by atoms with van der Waals surface area (Å²) >= 11 is 1.60.